The van der Waals surface area contributed by atoms with Crippen LogP contribution in [0.5, 0.6) is 0 Å². The molecule has 2 rings (SSSR count). The maximum absolute atomic E-state index is 12.6. The number of hydrogen-bond donors (Lipinski definition) is 0. The molecule has 0 aliphatic rings. The zero-order valence-electron chi connectivity index (χ0n) is 12.5. The van der Waals surface area contributed by atoms with Crippen LogP contribution in [0.3, 0.4) is 0 Å². The number of hydrogen-bond acceptors (Lipinski definition) is 5. The summed E-state index contributed by atoms with van der Waals surface area (Å²) in [5.74, 6) is 1.31. The number of nitrogens with zero attached hydrogens (tertiary/aromatic N) is 3. The molecule has 0 spiro atoms. The quantitative estimate of drug-likeness (QED) is 0.734. The molecule has 0 fully saturated rings. The lowest BCUT2D eigenvalue weighted by molar-refractivity contribution is 0.218. The van der Waals surface area contributed by atoms with Crippen molar-refractivity contribution in [1.29, 1.82) is 0 Å². The summed E-state index contributed by atoms with van der Waals surface area (Å²) in [6.07, 6.45) is 0.116. The molecule has 21 heavy (non-hydrogen) atoms. The van der Waals surface area contributed by atoms with Gasteiger partial charge in [-0.15, -0.1) is 10.2 Å². The number of aromatic nitrogens is 3. The fraction of sp³-hybridized carbons (Fsp3) is 0.429. The molecule has 0 atom stereocenters. The Morgan fingerprint density at radius 1 is 1.10 bits per heavy atom. The van der Waals surface area contributed by atoms with Crippen LogP contribution in [-0.2, 0) is 26.8 Å². The highest BCUT2D eigenvalue weighted by Crippen LogP contribution is 2.51. The van der Waals surface area contributed by atoms with E-state index in [1.807, 2.05) is 41.9 Å². The van der Waals surface area contributed by atoms with E-state index in [-0.39, 0.29) is 6.16 Å². The van der Waals surface area contributed by atoms with Crippen LogP contribution in [0.4, 0.5) is 0 Å². The van der Waals surface area contributed by atoms with Crippen molar-refractivity contribution in [3.8, 4) is 11.4 Å². The van der Waals surface area contributed by atoms with Gasteiger partial charge in [-0.2, -0.15) is 0 Å². The molecule has 0 aliphatic carbocycles. The lowest BCUT2D eigenvalue weighted by atomic mass is 10.2. The Bertz CT molecular complexity index is 618. The molecule has 114 valence electrons. The molecule has 7 heteroatoms. The van der Waals surface area contributed by atoms with E-state index in [2.05, 4.69) is 10.2 Å². The molecule has 1 heterocycles. The van der Waals surface area contributed by atoms with Crippen molar-refractivity contribution in [1.82, 2.24) is 14.8 Å². The molecule has 0 unspecified atom stereocenters. The second-order valence-corrected chi connectivity index (χ2v) is 6.52. The van der Waals surface area contributed by atoms with E-state index >= 15 is 0 Å². The average molecular weight is 309 g/mol. The Kier molecular flexibility index (Phi) is 5.28. The van der Waals surface area contributed by atoms with Gasteiger partial charge in [0.1, 0.15) is 12.0 Å². The second kappa shape index (κ2) is 6.98. The molecule has 0 aliphatic heterocycles. The Morgan fingerprint density at radius 2 is 1.71 bits per heavy atom. The molecule has 6 nitrogen and oxygen atoms in total. The smallest absolute Gasteiger partial charge is 0.314 e. The Morgan fingerprint density at radius 3 is 2.29 bits per heavy atom. The number of rotatable bonds is 7. The fourth-order valence-electron chi connectivity index (χ4n) is 2.03. The first-order valence-electron chi connectivity index (χ1n) is 6.91. The minimum absolute atomic E-state index is 0.116. The summed E-state index contributed by atoms with van der Waals surface area (Å²) in [6.45, 7) is 4.25. The Labute approximate surface area is 124 Å². The molecule has 1 aromatic carbocycles. The van der Waals surface area contributed by atoms with Crippen molar-refractivity contribution < 1.29 is 13.6 Å². The summed E-state index contributed by atoms with van der Waals surface area (Å²) in [5.41, 5.74) is 0.960. The fourth-order valence-corrected chi connectivity index (χ4v) is 3.70. The van der Waals surface area contributed by atoms with Crippen LogP contribution < -0.4 is 0 Å². The van der Waals surface area contributed by atoms with E-state index in [1.165, 1.54) is 0 Å². The molecule has 0 saturated heterocycles. The van der Waals surface area contributed by atoms with E-state index in [1.54, 1.807) is 13.8 Å². The lowest BCUT2D eigenvalue weighted by Gasteiger charge is -2.16. The van der Waals surface area contributed by atoms with Crippen LogP contribution in [0.25, 0.3) is 11.4 Å². The predicted molar refractivity (Wildman–Crippen MR) is 81.0 cm³/mol. The van der Waals surface area contributed by atoms with Crippen LogP contribution >= 0.6 is 7.60 Å². The van der Waals surface area contributed by atoms with Gasteiger partial charge in [-0.3, -0.25) is 4.57 Å². The predicted octanol–water partition coefficient (Wildman–Crippen LogP) is 3.25. The van der Waals surface area contributed by atoms with Crippen molar-refractivity contribution >= 4 is 7.60 Å². The molecular formula is C14H20N3O3P. The molecular weight excluding hydrogens is 289 g/mol. The maximum Gasteiger partial charge on any atom is 0.338 e. The van der Waals surface area contributed by atoms with Gasteiger partial charge < -0.3 is 13.6 Å². The van der Waals surface area contributed by atoms with E-state index in [9.17, 15) is 4.57 Å². The third-order valence-corrected chi connectivity index (χ3v) is 4.96. The number of benzene rings is 1. The molecule has 0 saturated carbocycles. The van der Waals surface area contributed by atoms with Gasteiger partial charge in [0.2, 0.25) is 0 Å². The largest absolute Gasteiger partial charge is 0.338 e. The Hall–Kier alpha value is -1.49. The van der Waals surface area contributed by atoms with Crippen LogP contribution in [0.15, 0.2) is 30.3 Å². The molecule has 0 N–H and O–H groups in total. The molecule has 0 bridgehead atoms. The maximum atomic E-state index is 12.6. The van der Waals surface area contributed by atoms with Crippen LogP contribution in [0.2, 0.25) is 0 Å². The van der Waals surface area contributed by atoms with Crippen molar-refractivity contribution in [2.45, 2.75) is 20.0 Å². The van der Waals surface area contributed by atoms with Gasteiger partial charge in [0.15, 0.2) is 5.82 Å². The summed E-state index contributed by atoms with van der Waals surface area (Å²) in [7, 11) is -1.32. The molecule has 0 amide bonds. The molecule has 2 aromatic rings. The summed E-state index contributed by atoms with van der Waals surface area (Å²) in [4.78, 5) is 0. The highest BCUT2D eigenvalue weighted by Gasteiger charge is 2.27. The standard InChI is InChI=1S/C14H20N3O3P/c1-4-19-21(18,20-5-2)11-13-15-16-14(17(13)3)12-9-7-6-8-10-12/h6-10H,4-5,11H2,1-3H3. The van der Waals surface area contributed by atoms with Gasteiger partial charge in [-0.25, -0.2) is 0 Å². The van der Waals surface area contributed by atoms with Gasteiger partial charge in [-0.1, -0.05) is 30.3 Å². The van der Waals surface area contributed by atoms with Crippen LogP contribution in [0.1, 0.15) is 19.7 Å². The van der Waals surface area contributed by atoms with E-state index in [0.717, 1.165) is 11.4 Å². The average Bonchev–Trinajstić information content (AvgIpc) is 2.81. The first-order valence-corrected chi connectivity index (χ1v) is 8.64. The third kappa shape index (κ3) is 3.79. The van der Waals surface area contributed by atoms with Crippen molar-refractivity contribution in [2.75, 3.05) is 13.2 Å². The van der Waals surface area contributed by atoms with E-state index in [0.29, 0.717) is 19.0 Å². The minimum atomic E-state index is -3.17. The van der Waals surface area contributed by atoms with Gasteiger partial charge in [0, 0.05) is 12.6 Å². The van der Waals surface area contributed by atoms with Gasteiger partial charge in [-0.05, 0) is 13.8 Å². The van der Waals surface area contributed by atoms with E-state index in [4.69, 9.17) is 9.05 Å². The Balaban J connectivity index is 2.26. The van der Waals surface area contributed by atoms with E-state index < -0.39 is 7.60 Å². The third-order valence-electron chi connectivity index (χ3n) is 2.98. The SMILES string of the molecule is CCOP(=O)(Cc1nnc(-c2ccccc2)n1C)OCC. The minimum Gasteiger partial charge on any atom is -0.314 e. The first kappa shape index (κ1) is 15.9. The van der Waals surface area contributed by atoms with Crippen molar-refractivity contribution in [2.24, 2.45) is 7.05 Å². The van der Waals surface area contributed by atoms with Crippen molar-refractivity contribution in [3.05, 3.63) is 36.2 Å². The van der Waals surface area contributed by atoms with Crippen molar-refractivity contribution in [3.63, 3.8) is 0 Å². The highest BCUT2D eigenvalue weighted by atomic mass is 31.2. The zero-order chi connectivity index (χ0) is 15.3. The highest BCUT2D eigenvalue weighted by molar-refractivity contribution is 7.53. The lowest BCUT2D eigenvalue weighted by Crippen LogP contribution is -2.04. The van der Waals surface area contributed by atoms with Gasteiger partial charge in [0.05, 0.1) is 13.2 Å². The normalized spacial score (nSPS) is 11.8. The summed E-state index contributed by atoms with van der Waals surface area (Å²) in [5, 5.41) is 8.29. The topological polar surface area (TPSA) is 66.2 Å². The summed E-state index contributed by atoms with van der Waals surface area (Å²) in [6, 6.07) is 9.74. The van der Waals surface area contributed by atoms with Crippen LogP contribution in [0, 0.1) is 0 Å². The second-order valence-electron chi connectivity index (χ2n) is 4.47. The van der Waals surface area contributed by atoms with Gasteiger partial charge in [0.25, 0.3) is 0 Å². The monoisotopic (exact) mass is 309 g/mol. The van der Waals surface area contributed by atoms with Gasteiger partial charge >= 0.3 is 7.60 Å². The molecule has 1 aromatic heterocycles. The zero-order valence-corrected chi connectivity index (χ0v) is 13.4. The van der Waals surface area contributed by atoms with Crippen LogP contribution in [-0.4, -0.2) is 28.0 Å². The first-order chi connectivity index (χ1) is 10.1. The molecule has 0 radical (unpaired) electrons. The summed E-state index contributed by atoms with van der Waals surface area (Å²) >= 11 is 0. The summed E-state index contributed by atoms with van der Waals surface area (Å²) < 4.78 is 25.0.